The van der Waals surface area contributed by atoms with Gasteiger partial charge in [0.15, 0.2) is 0 Å². The van der Waals surface area contributed by atoms with E-state index in [1.54, 1.807) is 0 Å². The first kappa shape index (κ1) is 14.6. The lowest BCUT2D eigenvalue weighted by atomic mass is 9.86. The van der Waals surface area contributed by atoms with Crippen LogP contribution in [-0.2, 0) is 0 Å². The smallest absolute Gasteiger partial charge is 0.148 e. The lowest BCUT2D eigenvalue weighted by Crippen LogP contribution is -2.46. The summed E-state index contributed by atoms with van der Waals surface area (Å²) in [4.78, 5) is 12.0. The van der Waals surface area contributed by atoms with Gasteiger partial charge in [-0.2, -0.15) is 0 Å². The van der Waals surface area contributed by atoms with Crippen LogP contribution in [0.4, 0.5) is 11.6 Å². The topological polar surface area (TPSA) is 67.1 Å². The van der Waals surface area contributed by atoms with Gasteiger partial charge < -0.3 is 10.3 Å². The molecule has 1 aliphatic carbocycles. The number of nitrogen functional groups attached to an aromatic ring is 1. The van der Waals surface area contributed by atoms with Gasteiger partial charge in [0.2, 0.25) is 0 Å². The molecule has 0 aromatic carbocycles. The fourth-order valence-corrected chi connectivity index (χ4v) is 3.46. The van der Waals surface area contributed by atoms with Gasteiger partial charge in [0.25, 0.3) is 0 Å². The Bertz CT molecular complexity index is 526. The maximum absolute atomic E-state index is 5.67. The number of nitrogens with two attached hydrogens (primary N) is 1. The van der Waals surface area contributed by atoms with Crippen molar-refractivity contribution in [1.82, 2.24) is 9.97 Å². The number of anilines is 2. The Labute approximate surface area is 127 Å². The van der Waals surface area contributed by atoms with E-state index in [0.29, 0.717) is 23.8 Å². The van der Waals surface area contributed by atoms with E-state index in [1.165, 1.54) is 19.3 Å². The second-order valence-corrected chi connectivity index (χ2v) is 7.01. The number of hydrogen-bond acceptors (Lipinski definition) is 5. The molecule has 3 N–H and O–H groups in total. The first-order valence-electron chi connectivity index (χ1n) is 8.13. The second-order valence-electron chi connectivity index (χ2n) is 7.01. The van der Waals surface area contributed by atoms with Gasteiger partial charge in [0, 0.05) is 24.1 Å². The molecule has 0 amide bonds. The summed E-state index contributed by atoms with van der Waals surface area (Å²) >= 11 is 0. The van der Waals surface area contributed by atoms with Crippen LogP contribution in [0, 0.1) is 18.8 Å². The molecular formula is C16H27N5. The summed E-state index contributed by atoms with van der Waals surface area (Å²) in [5.41, 5.74) is 3.82. The SMILES string of the molecule is Cc1c(NN)nc(C2CC2)nc1N1CC(C)CC(C)C1C. The van der Waals surface area contributed by atoms with E-state index in [1.807, 2.05) is 0 Å². The number of hydrogen-bond donors (Lipinski definition) is 2. The number of piperidine rings is 1. The van der Waals surface area contributed by atoms with Gasteiger partial charge in [0.1, 0.15) is 17.5 Å². The van der Waals surface area contributed by atoms with E-state index >= 15 is 0 Å². The molecular weight excluding hydrogens is 262 g/mol. The predicted octanol–water partition coefficient (Wildman–Crippen LogP) is 2.82. The average molecular weight is 289 g/mol. The largest absolute Gasteiger partial charge is 0.353 e. The van der Waals surface area contributed by atoms with Gasteiger partial charge in [-0.1, -0.05) is 13.8 Å². The molecule has 2 fully saturated rings. The van der Waals surface area contributed by atoms with Crippen LogP contribution in [0.25, 0.3) is 0 Å². The van der Waals surface area contributed by atoms with Crippen LogP contribution < -0.4 is 16.2 Å². The molecule has 5 heteroatoms. The van der Waals surface area contributed by atoms with Crippen molar-refractivity contribution in [1.29, 1.82) is 0 Å². The molecule has 1 aromatic heterocycles. The third-order valence-electron chi connectivity index (χ3n) is 5.09. The van der Waals surface area contributed by atoms with Crippen LogP contribution in [0.1, 0.15) is 57.3 Å². The highest BCUT2D eigenvalue weighted by Gasteiger charge is 2.33. The number of nitrogens with one attached hydrogen (secondary N) is 1. The van der Waals surface area contributed by atoms with Gasteiger partial charge in [0.05, 0.1) is 0 Å². The van der Waals surface area contributed by atoms with Gasteiger partial charge in [-0.05, 0) is 44.9 Å². The van der Waals surface area contributed by atoms with Gasteiger partial charge in [-0.3, -0.25) is 0 Å². The lowest BCUT2D eigenvalue weighted by molar-refractivity contribution is 0.295. The monoisotopic (exact) mass is 289 g/mol. The minimum atomic E-state index is 0.507. The van der Waals surface area contributed by atoms with Crippen molar-refractivity contribution in [3.05, 3.63) is 11.4 Å². The van der Waals surface area contributed by atoms with E-state index in [4.69, 9.17) is 10.8 Å². The fraction of sp³-hybridized carbons (Fsp3) is 0.750. The van der Waals surface area contributed by atoms with Crippen molar-refractivity contribution >= 4 is 11.6 Å². The highest BCUT2D eigenvalue weighted by Crippen LogP contribution is 2.41. The van der Waals surface area contributed by atoms with E-state index in [-0.39, 0.29) is 0 Å². The van der Waals surface area contributed by atoms with Gasteiger partial charge >= 0.3 is 0 Å². The Morgan fingerprint density at radius 2 is 1.90 bits per heavy atom. The van der Waals surface area contributed by atoms with Crippen molar-refractivity contribution < 1.29 is 0 Å². The molecule has 2 heterocycles. The average Bonchev–Trinajstić information content (AvgIpc) is 3.28. The van der Waals surface area contributed by atoms with Crippen molar-refractivity contribution in [2.45, 2.75) is 58.9 Å². The van der Waals surface area contributed by atoms with E-state index in [0.717, 1.165) is 29.6 Å². The summed E-state index contributed by atoms with van der Waals surface area (Å²) in [6.45, 7) is 10.1. The highest BCUT2D eigenvalue weighted by molar-refractivity contribution is 5.59. The number of nitrogens with zero attached hydrogens (tertiary/aromatic N) is 3. The summed E-state index contributed by atoms with van der Waals surface area (Å²) in [6, 6.07) is 0.507. The molecule has 3 atom stereocenters. The Morgan fingerprint density at radius 1 is 1.19 bits per heavy atom. The zero-order valence-electron chi connectivity index (χ0n) is 13.6. The zero-order chi connectivity index (χ0) is 15.1. The molecule has 21 heavy (non-hydrogen) atoms. The van der Waals surface area contributed by atoms with Crippen molar-refractivity contribution in [2.75, 3.05) is 16.9 Å². The maximum Gasteiger partial charge on any atom is 0.148 e. The third kappa shape index (κ3) is 2.71. The molecule has 0 radical (unpaired) electrons. The van der Waals surface area contributed by atoms with Crippen LogP contribution in [0.2, 0.25) is 0 Å². The standard InChI is InChI=1S/C16H27N5/c1-9-7-10(2)12(4)21(8-9)16-11(3)14(20-17)18-15(19-16)13-5-6-13/h9-10,12-13H,5-8,17H2,1-4H3,(H,18,19,20). The van der Waals surface area contributed by atoms with Gasteiger partial charge in [-0.25, -0.2) is 15.8 Å². The summed E-state index contributed by atoms with van der Waals surface area (Å²) < 4.78 is 0. The first-order chi connectivity index (χ1) is 10.0. The van der Waals surface area contributed by atoms with E-state index < -0.39 is 0 Å². The molecule has 1 aromatic rings. The van der Waals surface area contributed by atoms with Crippen LogP contribution in [0.3, 0.4) is 0 Å². The maximum atomic E-state index is 5.67. The summed E-state index contributed by atoms with van der Waals surface area (Å²) in [5.74, 6) is 10.4. The van der Waals surface area contributed by atoms with Crippen LogP contribution in [0.5, 0.6) is 0 Å². The summed E-state index contributed by atoms with van der Waals surface area (Å²) in [5, 5.41) is 0. The van der Waals surface area contributed by atoms with Crippen molar-refractivity contribution in [2.24, 2.45) is 17.7 Å². The minimum absolute atomic E-state index is 0.507. The van der Waals surface area contributed by atoms with Gasteiger partial charge in [-0.15, -0.1) is 0 Å². The van der Waals surface area contributed by atoms with Crippen LogP contribution in [-0.4, -0.2) is 22.6 Å². The Kier molecular flexibility index (Phi) is 3.78. The third-order valence-corrected chi connectivity index (χ3v) is 5.09. The van der Waals surface area contributed by atoms with Crippen molar-refractivity contribution in [3.63, 3.8) is 0 Å². The Hall–Kier alpha value is -1.36. The predicted molar refractivity (Wildman–Crippen MR) is 86.3 cm³/mol. The molecule has 3 unspecified atom stereocenters. The molecule has 0 spiro atoms. The number of rotatable bonds is 3. The number of aromatic nitrogens is 2. The first-order valence-corrected chi connectivity index (χ1v) is 8.13. The van der Waals surface area contributed by atoms with E-state index in [2.05, 4.69) is 43.0 Å². The molecule has 116 valence electrons. The van der Waals surface area contributed by atoms with Crippen LogP contribution >= 0.6 is 0 Å². The second kappa shape index (κ2) is 5.44. The summed E-state index contributed by atoms with van der Waals surface area (Å²) in [7, 11) is 0. The normalized spacial score (nSPS) is 29.6. The molecule has 5 nitrogen and oxygen atoms in total. The molecule has 1 aliphatic heterocycles. The van der Waals surface area contributed by atoms with Crippen LogP contribution in [0.15, 0.2) is 0 Å². The zero-order valence-corrected chi connectivity index (χ0v) is 13.6. The summed E-state index contributed by atoms with van der Waals surface area (Å²) in [6.07, 6.45) is 3.70. The Balaban J connectivity index is 2.01. The molecule has 1 saturated carbocycles. The minimum Gasteiger partial charge on any atom is -0.353 e. The molecule has 2 aliphatic rings. The molecule has 3 rings (SSSR count). The number of hydrazine groups is 1. The lowest BCUT2D eigenvalue weighted by Gasteiger charge is -2.42. The fourth-order valence-electron chi connectivity index (χ4n) is 3.46. The quantitative estimate of drug-likeness (QED) is 0.661. The van der Waals surface area contributed by atoms with Crippen molar-refractivity contribution in [3.8, 4) is 0 Å². The molecule has 1 saturated heterocycles. The Morgan fingerprint density at radius 3 is 2.52 bits per heavy atom. The van der Waals surface area contributed by atoms with E-state index in [9.17, 15) is 0 Å². The molecule has 0 bridgehead atoms. The highest BCUT2D eigenvalue weighted by atomic mass is 15.3.